The van der Waals surface area contributed by atoms with Gasteiger partial charge in [0.25, 0.3) is 0 Å². The number of hydrogen-bond acceptors (Lipinski definition) is 4. The Hall–Kier alpha value is -2.27. The summed E-state index contributed by atoms with van der Waals surface area (Å²) in [6, 6.07) is 10.4. The van der Waals surface area contributed by atoms with Crippen molar-refractivity contribution in [2.24, 2.45) is 7.05 Å². The van der Waals surface area contributed by atoms with Crippen molar-refractivity contribution >= 4 is 11.0 Å². The van der Waals surface area contributed by atoms with Crippen LogP contribution in [0.1, 0.15) is 17.4 Å². The van der Waals surface area contributed by atoms with Crippen molar-refractivity contribution < 1.29 is 0 Å². The van der Waals surface area contributed by atoms with Crippen LogP contribution in [0.5, 0.6) is 0 Å². The van der Waals surface area contributed by atoms with Gasteiger partial charge in [-0.25, -0.2) is 4.98 Å². The Morgan fingerprint density at radius 2 is 2.05 bits per heavy atom. The molecule has 0 saturated carbocycles. The van der Waals surface area contributed by atoms with Gasteiger partial charge in [-0.15, -0.1) is 0 Å². The van der Waals surface area contributed by atoms with Gasteiger partial charge in [0, 0.05) is 25.7 Å². The maximum absolute atomic E-state index is 4.71. The number of nitrogens with zero attached hydrogens (tertiary/aromatic N) is 4. The van der Waals surface area contributed by atoms with Crippen molar-refractivity contribution in [3.8, 4) is 0 Å². The first kappa shape index (κ1) is 12.7. The molecule has 5 heteroatoms. The SMILES string of the molecule is CNC(Cc1nc2ccccc2n1C)c1ccnnc1. The minimum atomic E-state index is 0.181. The van der Waals surface area contributed by atoms with E-state index in [9.17, 15) is 0 Å². The lowest BCUT2D eigenvalue weighted by atomic mass is 10.1. The Balaban J connectivity index is 1.94. The van der Waals surface area contributed by atoms with E-state index in [4.69, 9.17) is 4.98 Å². The molecule has 3 aromatic rings. The average molecular weight is 267 g/mol. The van der Waals surface area contributed by atoms with Crippen LogP contribution in [0.15, 0.2) is 42.7 Å². The predicted molar refractivity (Wildman–Crippen MR) is 78.3 cm³/mol. The molecule has 2 heterocycles. The zero-order valence-corrected chi connectivity index (χ0v) is 11.6. The summed E-state index contributed by atoms with van der Waals surface area (Å²) in [5, 5.41) is 11.1. The van der Waals surface area contributed by atoms with Gasteiger partial charge >= 0.3 is 0 Å². The molecule has 20 heavy (non-hydrogen) atoms. The second-order valence-corrected chi connectivity index (χ2v) is 4.80. The van der Waals surface area contributed by atoms with Crippen LogP contribution in [0.3, 0.4) is 0 Å². The van der Waals surface area contributed by atoms with Gasteiger partial charge < -0.3 is 9.88 Å². The van der Waals surface area contributed by atoms with E-state index in [2.05, 4.69) is 33.2 Å². The second-order valence-electron chi connectivity index (χ2n) is 4.80. The molecule has 0 spiro atoms. The standard InChI is InChI=1S/C15H17N5/c1-16-13(11-7-8-17-18-10-11)9-15-19-12-5-3-4-6-14(12)20(15)2/h3-8,10,13,16H,9H2,1-2H3. The predicted octanol–water partition coefficient (Wildman–Crippen LogP) is 1.87. The molecule has 0 radical (unpaired) electrons. The molecule has 0 aliphatic heterocycles. The molecule has 1 unspecified atom stereocenters. The fourth-order valence-corrected chi connectivity index (χ4v) is 2.45. The topological polar surface area (TPSA) is 55.6 Å². The van der Waals surface area contributed by atoms with E-state index in [-0.39, 0.29) is 6.04 Å². The van der Waals surface area contributed by atoms with E-state index in [0.29, 0.717) is 0 Å². The summed E-state index contributed by atoms with van der Waals surface area (Å²) in [6.07, 6.45) is 4.33. The van der Waals surface area contributed by atoms with Gasteiger partial charge in [-0.1, -0.05) is 12.1 Å². The lowest BCUT2D eigenvalue weighted by molar-refractivity contribution is 0.562. The van der Waals surface area contributed by atoms with E-state index >= 15 is 0 Å². The molecule has 1 N–H and O–H groups in total. The quantitative estimate of drug-likeness (QED) is 0.784. The normalized spacial score (nSPS) is 12.7. The van der Waals surface area contributed by atoms with Gasteiger partial charge in [0.1, 0.15) is 5.82 Å². The van der Waals surface area contributed by atoms with Crippen LogP contribution in [0, 0.1) is 0 Å². The molecular formula is C15H17N5. The number of likely N-dealkylation sites (N-methyl/N-ethyl adjacent to an activating group) is 1. The molecule has 0 aliphatic carbocycles. The molecule has 102 valence electrons. The minimum absolute atomic E-state index is 0.181. The Kier molecular flexibility index (Phi) is 3.43. The fraction of sp³-hybridized carbons (Fsp3) is 0.267. The number of aromatic nitrogens is 4. The average Bonchev–Trinajstić information content (AvgIpc) is 2.82. The third-order valence-electron chi connectivity index (χ3n) is 3.62. The van der Waals surface area contributed by atoms with E-state index in [1.54, 1.807) is 12.4 Å². The fourth-order valence-electron chi connectivity index (χ4n) is 2.45. The van der Waals surface area contributed by atoms with Crippen molar-refractivity contribution in [3.63, 3.8) is 0 Å². The number of nitrogens with one attached hydrogen (secondary N) is 1. The zero-order chi connectivity index (χ0) is 13.9. The number of para-hydroxylation sites is 2. The summed E-state index contributed by atoms with van der Waals surface area (Å²) in [5.74, 6) is 1.06. The van der Waals surface area contributed by atoms with Crippen molar-refractivity contribution in [2.75, 3.05) is 7.05 Å². The lowest BCUT2D eigenvalue weighted by Gasteiger charge is -2.15. The number of imidazole rings is 1. The van der Waals surface area contributed by atoms with Crippen LogP contribution >= 0.6 is 0 Å². The van der Waals surface area contributed by atoms with Crippen molar-refractivity contribution in [1.82, 2.24) is 25.1 Å². The van der Waals surface area contributed by atoms with Crippen LogP contribution < -0.4 is 5.32 Å². The molecule has 0 bridgehead atoms. The van der Waals surface area contributed by atoms with Gasteiger partial charge in [-0.05, 0) is 30.8 Å². The van der Waals surface area contributed by atoms with Gasteiger partial charge in [0.05, 0.1) is 17.2 Å². The smallest absolute Gasteiger partial charge is 0.111 e. The highest BCUT2D eigenvalue weighted by molar-refractivity contribution is 5.75. The molecule has 3 rings (SSSR count). The summed E-state index contributed by atoms with van der Waals surface area (Å²) in [5.41, 5.74) is 3.31. The molecule has 0 fully saturated rings. The van der Waals surface area contributed by atoms with Crippen LogP contribution in [0.25, 0.3) is 11.0 Å². The molecular weight excluding hydrogens is 250 g/mol. The number of rotatable bonds is 4. The Bertz CT molecular complexity index is 705. The molecule has 0 aliphatic rings. The van der Waals surface area contributed by atoms with Crippen molar-refractivity contribution in [2.45, 2.75) is 12.5 Å². The monoisotopic (exact) mass is 267 g/mol. The van der Waals surface area contributed by atoms with Gasteiger partial charge in [0.2, 0.25) is 0 Å². The van der Waals surface area contributed by atoms with Crippen LogP contribution in [0.2, 0.25) is 0 Å². The highest BCUT2D eigenvalue weighted by Crippen LogP contribution is 2.20. The summed E-state index contributed by atoms with van der Waals surface area (Å²) < 4.78 is 2.15. The first-order valence-electron chi connectivity index (χ1n) is 6.64. The molecule has 1 aromatic carbocycles. The number of benzene rings is 1. The Morgan fingerprint density at radius 1 is 1.20 bits per heavy atom. The molecule has 1 atom stereocenters. The number of aryl methyl sites for hydroxylation is 1. The molecule has 0 saturated heterocycles. The number of hydrogen-bond donors (Lipinski definition) is 1. The second kappa shape index (κ2) is 5.38. The maximum Gasteiger partial charge on any atom is 0.111 e. The van der Waals surface area contributed by atoms with Gasteiger partial charge in [-0.2, -0.15) is 10.2 Å². The third kappa shape index (κ3) is 2.28. The first-order chi connectivity index (χ1) is 9.79. The van der Waals surface area contributed by atoms with Crippen molar-refractivity contribution in [3.05, 3.63) is 54.1 Å². The Labute approximate surface area is 117 Å². The summed E-state index contributed by atoms with van der Waals surface area (Å²) in [6.45, 7) is 0. The third-order valence-corrected chi connectivity index (χ3v) is 3.62. The molecule has 2 aromatic heterocycles. The summed E-state index contributed by atoms with van der Waals surface area (Å²) >= 11 is 0. The van der Waals surface area contributed by atoms with E-state index in [0.717, 1.165) is 28.8 Å². The van der Waals surface area contributed by atoms with E-state index in [1.807, 2.05) is 31.3 Å². The van der Waals surface area contributed by atoms with Gasteiger partial charge in [0.15, 0.2) is 0 Å². The highest BCUT2D eigenvalue weighted by Gasteiger charge is 2.15. The number of fused-ring (bicyclic) bond motifs is 1. The van der Waals surface area contributed by atoms with Crippen LogP contribution in [0.4, 0.5) is 0 Å². The molecule has 0 amide bonds. The van der Waals surface area contributed by atoms with Gasteiger partial charge in [-0.3, -0.25) is 0 Å². The summed E-state index contributed by atoms with van der Waals surface area (Å²) in [7, 11) is 4.01. The minimum Gasteiger partial charge on any atom is -0.331 e. The van der Waals surface area contributed by atoms with Crippen LogP contribution in [-0.2, 0) is 13.5 Å². The zero-order valence-electron chi connectivity index (χ0n) is 11.6. The summed E-state index contributed by atoms with van der Waals surface area (Å²) in [4.78, 5) is 4.71. The van der Waals surface area contributed by atoms with E-state index < -0.39 is 0 Å². The first-order valence-corrected chi connectivity index (χ1v) is 6.64. The van der Waals surface area contributed by atoms with Crippen molar-refractivity contribution in [1.29, 1.82) is 0 Å². The molecule has 5 nitrogen and oxygen atoms in total. The largest absolute Gasteiger partial charge is 0.331 e. The maximum atomic E-state index is 4.71. The highest BCUT2D eigenvalue weighted by atomic mass is 15.1. The van der Waals surface area contributed by atoms with Crippen LogP contribution in [-0.4, -0.2) is 26.8 Å². The van der Waals surface area contributed by atoms with E-state index in [1.165, 1.54) is 0 Å². The lowest BCUT2D eigenvalue weighted by Crippen LogP contribution is -2.20. The Morgan fingerprint density at radius 3 is 2.75 bits per heavy atom.